The molecule has 0 heterocycles. The van der Waals surface area contributed by atoms with Gasteiger partial charge in [-0.05, 0) is 42.8 Å². The maximum absolute atomic E-state index is 13.0. The third kappa shape index (κ3) is 4.71. The van der Waals surface area contributed by atoms with Gasteiger partial charge >= 0.3 is 0 Å². The zero-order chi connectivity index (χ0) is 16.1. The van der Waals surface area contributed by atoms with E-state index in [4.69, 9.17) is 11.6 Å². The molecule has 2 N–H and O–H groups in total. The van der Waals surface area contributed by atoms with Crippen LogP contribution in [0.5, 0.6) is 0 Å². The summed E-state index contributed by atoms with van der Waals surface area (Å²) in [5.74, 6) is -0.564. The number of benzene rings is 2. The van der Waals surface area contributed by atoms with E-state index in [0.717, 1.165) is 15.7 Å². The molecule has 116 valence electrons. The van der Waals surface area contributed by atoms with Gasteiger partial charge in [-0.3, -0.25) is 4.79 Å². The van der Waals surface area contributed by atoms with Crippen LogP contribution in [-0.2, 0) is 4.79 Å². The smallest absolute Gasteiger partial charge is 0.226 e. The van der Waals surface area contributed by atoms with Gasteiger partial charge in [0, 0.05) is 28.8 Å². The molecule has 2 aromatic carbocycles. The number of halogens is 3. The Morgan fingerprint density at radius 1 is 1.23 bits per heavy atom. The first-order valence-electron chi connectivity index (χ1n) is 6.70. The molecule has 22 heavy (non-hydrogen) atoms. The lowest BCUT2D eigenvalue weighted by Gasteiger charge is -2.09. The van der Waals surface area contributed by atoms with Crippen LogP contribution in [0.25, 0.3) is 0 Å². The topological polar surface area (TPSA) is 41.1 Å². The second-order valence-corrected chi connectivity index (χ2v) is 6.08. The molecule has 0 saturated heterocycles. The summed E-state index contributed by atoms with van der Waals surface area (Å²) in [7, 11) is 0. The molecule has 0 unspecified atom stereocenters. The minimum Gasteiger partial charge on any atom is -0.384 e. The largest absolute Gasteiger partial charge is 0.384 e. The summed E-state index contributed by atoms with van der Waals surface area (Å²) in [6, 6.07) is 10.0. The highest BCUT2D eigenvalue weighted by molar-refractivity contribution is 9.10. The van der Waals surface area contributed by atoms with E-state index in [2.05, 4.69) is 26.6 Å². The van der Waals surface area contributed by atoms with E-state index >= 15 is 0 Å². The van der Waals surface area contributed by atoms with Crippen molar-refractivity contribution < 1.29 is 9.18 Å². The standard InChI is InChI=1S/C16H15BrClFN2O/c1-10-2-3-12(8-13(10)17)21-16(22)6-7-20-11-4-5-15(19)14(18)9-11/h2-5,8-9,20H,6-7H2,1H3,(H,21,22). The van der Waals surface area contributed by atoms with Gasteiger partial charge in [0.05, 0.1) is 5.02 Å². The summed E-state index contributed by atoms with van der Waals surface area (Å²) in [6.07, 6.45) is 0.292. The van der Waals surface area contributed by atoms with E-state index in [9.17, 15) is 9.18 Å². The summed E-state index contributed by atoms with van der Waals surface area (Å²) in [5.41, 5.74) is 2.53. The summed E-state index contributed by atoms with van der Waals surface area (Å²) in [6.45, 7) is 2.41. The number of hydrogen-bond donors (Lipinski definition) is 2. The second-order valence-electron chi connectivity index (χ2n) is 4.82. The van der Waals surface area contributed by atoms with Gasteiger partial charge in [0.15, 0.2) is 0 Å². The predicted molar refractivity (Wildman–Crippen MR) is 92.0 cm³/mol. The molecule has 0 aromatic heterocycles. The first kappa shape index (κ1) is 16.8. The highest BCUT2D eigenvalue weighted by atomic mass is 79.9. The van der Waals surface area contributed by atoms with Crippen molar-refractivity contribution in [2.24, 2.45) is 0 Å². The van der Waals surface area contributed by atoms with Crippen molar-refractivity contribution in [3.63, 3.8) is 0 Å². The number of nitrogens with one attached hydrogen (secondary N) is 2. The Morgan fingerprint density at radius 2 is 1.95 bits per heavy atom. The molecule has 3 nitrogen and oxygen atoms in total. The van der Waals surface area contributed by atoms with Gasteiger partial charge in [-0.2, -0.15) is 0 Å². The van der Waals surface area contributed by atoms with Crippen molar-refractivity contribution in [2.75, 3.05) is 17.2 Å². The van der Waals surface area contributed by atoms with Crippen LogP contribution in [0.1, 0.15) is 12.0 Å². The third-order valence-electron chi connectivity index (χ3n) is 3.06. The molecule has 0 spiro atoms. The lowest BCUT2D eigenvalue weighted by atomic mass is 10.2. The van der Waals surface area contributed by atoms with Gasteiger partial charge in [0.25, 0.3) is 0 Å². The van der Waals surface area contributed by atoms with Crippen molar-refractivity contribution in [1.29, 1.82) is 0 Å². The van der Waals surface area contributed by atoms with Crippen molar-refractivity contribution in [3.05, 3.63) is 57.3 Å². The Kier molecular flexibility index (Phi) is 5.80. The van der Waals surface area contributed by atoms with Crippen LogP contribution in [0.15, 0.2) is 40.9 Å². The fourth-order valence-corrected chi connectivity index (χ4v) is 2.38. The quantitative estimate of drug-likeness (QED) is 0.761. The van der Waals surface area contributed by atoms with Gasteiger partial charge < -0.3 is 10.6 Å². The van der Waals surface area contributed by atoms with Crippen molar-refractivity contribution in [3.8, 4) is 0 Å². The van der Waals surface area contributed by atoms with Crippen molar-refractivity contribution in [2.45, 2.75) is 13.3 Å². The van der Waals surface area contributed by atoms with E-state index in [1.54, 1.807) is 6.07 Å². The molecule has 0 aliphatic carbocycles. The minimum absolute atomic E-state index is 0.0546. The number of carbonyl (C=O) groups is 1. The molecule has 0 radical (unpaired) electrons. The molecule has 0 aliphatic heterocycles. The first-order valence-corrected chi connectivity index (χ1v) is 7.88. The van der Waals surface area contributed by atoms with Gasteiger partial charge in [-0.1, -0.05) is 33.6 Å². The maximum Gasteiger partial charge on any atom is 0.226 e. The maximum atomic E-state index is 13.0. The third-order valence-corrected chi connectivity index (χ3v) is 4.20. The Morgan fingerprint density at radius 3 is 2.64 bits per heavy atom. The highest BCUT2D eigenvalue weighted by Gasteiger charge is 2.05. The van der Waals surface area contributed by atoms with Gasteiger partial charge in [0.2, 0.25) is 5.91 Å². The van der Waals surface area contributed by atoms with Gasteiger partial charge in [0.1, 0.15) is 5.82 Å². The molecule has 1 amide bonds. The normalized spacial score (nSPS) is 10.4. The lowest BCUT2D eigenvalue weighted by Crippen LogP contribution is -2.16. The molecule has 0 atom stereocenters. The Labute approximate surface area is 142 Å². The number of aryl methyl sites for hydroxylation is 1. The number of carbonyl (C=O) groups excluding carboxylic acids is 1. The van der Waals surface area contributed by atoms with E-state index < -0.39 is 5.82 Å². The van der Waals surface area contributed by atoms with Crippen LogP contribution in [0.3, 0.4) is 0 Å². The van der Waals surface area contributed by atoms with E-state index in [0.29, 0.717) is 18.7 Å². The van der Waals surface area contributed by atoms with Crippen LogP contribution < -0.4 is 10.6 Å². The summed E-state index contributed by atoms with van der Waals surface area (Å²) >= 11 is 9.12. The summed E-state index contributed by atoms with van der Waals surface area (Å²) < 4.78 is 14.0. The van der Waals surface area contributed by atoms with E-state index in [1.165, 1.54) is 12.1 Å². The SMILES string of the molecule is Cc1ccc(NC(=O)CCNc2ccc(F)c(Cl)c2)cc1Br. The predicted octanol–water partition coefficient (Wildman–Crippen LogP) is 4.99. The fourth-order valence-electron chi connectivity index (χ4n) is 1.82. The van der Waals surface area contributed by atoms with Gasteiger partial charge in [-0.25, -0.2) is 4.39 Å². The van der Waals surface area contributed by atoms with Crippen molar-refractivity contribution in [1.82, 2.24) is 0 Å². The van der Waals surface area contributed by atoms with Crippen LogP contribution in [0.4, 0.5) is 15.8 Å². The van der Waals surface area contributed by atoms with E-state index in [-0.39, 0.29) is 10.9 Å². The average molecular weight is 386 g/mol. The molecule has 2 rings (SSSR count). The second kappa shape index (κ2) is 7.61. The number of hydrogen-bond acceptors (Lipinski definition) is 2. The Bertz CT molecular complexity index is 694. The zero-order valence-electron chi connectivity index (χ0n) is 11.9. The molecular weight excluding hydrogens is 371 g/mol. The Balaban J connectivity index is 1.82. The highest BCUT2D eigenvalue weighted by Crippen LogP contribution is 2.21. The van der Waals surface area contributed by atoms with Crippen LogP contribution in [-0.4, -0.2) is 12.5 Å². The molecule has 0 fully saturated rings. The fraction of sp³-hybridized carbons (Fsp3) is 0.188. The van der Waals surface area contributed by atoms with Crippen LogP contribution >= 0.6 is 27.5 Å². The molecule has 0 aliphatic rings. The monoisotopic (exact) mass is 384 g/mol. The summed E-state index contributed by atoms with van der Waals surface area (Å²) in [4.78, 5) is 11.9. The molecule has 6 heteroatoms. The molecule has 2 aromatic rings. The van der Waals surface area contributed by atoms with E-state index in [1.807, 2.05) is 25.1 Å². The minimum atomic E-state index is -0.463. The van der Waals surface area contributed by atoms with Crippen LogP contribution in [0.2, 0.25) is 5.02 Å². The number of amides is 1. The summed E-state index contributed by atoms with van der Waals surface area (Å²) in [5, 5.41) is 5.90. The number of rotatable bonds is 5. The zero-order valence-corrected chi connectivity index (χ0v) is 14.3. The molecule has 0 bridgehead atoms. The molecular formula is C16H15BrClFN2O. The number of anilines is 2. The average Bonchev–Trinajstić information content (AvgIpc) is 2.47. The van der Waals surface area contributed by atoms with Gasteiger partial charge in [-0.15, -0.1) is 0 Å². The first-order chi connectivity index (χ1) is 10.5. The van der Waals surface area contributed by atoms with Crippen molar-refractivity contribution >= 4 is 44.8 Å². The lowest BCUT2D eigenvalue weighted by molar-refractivity contribution is -0.115. The Hall–Kier alpha value is -1.59. The molecule has 0 saturated carbocycles. The van der Waals surface area contributed by atoms with Crippen LogP contribution in [0, 0.1) is 12.7 Å².